The Morgan fingerprint density at radius 2 is 2.05 bits per heavy atom. The highest BCUT2D eigenvalue weighted by molar-refractivity contribution is 7.80. The van der Waals surface area contributed by atoms with Gasteiger partial charge in [-0.2, -0.15) is 0 Å². The minimum atomic E-state index is 0.00384. The van der Waals surface area contributed by atoms with Crippen LogP contribution in [-0.2, 0) is 4.79 Å². The Balaban J connectivity index is 2.32. The van der Waals surface area contributed by atoms with E-state index in [2.05, 4.69) is 0 Å². The van der Waals surface area contributed by atoms with Crippen molar-refractivity contribution in [3.05, 3.63) is 24.3 Å². The van der Waals surface area contributed by atoms with Crippen molar-refractivity contribution in [2.75, 3.05) is 27.3 Å². The van der Waals surface area contributed by atoms with Gasteiger partial charge in [0.05, 0.1) is 25.1 Å². The van der Waals surface area contributed by atoms with Crippen LogP contribution < -0.4 is 15.2 Å². The summed E-state index contributed by atoms with van der Waals surface area (Å²) < 4.78 is 10.6. The van der Waals surface area contributed by atoms with E-state index in [0.29, 0.717) is 36.7 Å². The molecule has 0 aliphatic carbocycles. The third kappa shape index (κ3) is 5.88. The first-order chi connectivity index (χ1) is 9.52. The van der Waals surface area contributed by atoms with Crippen LogP contribution in [0.1, 0.15) is 12.8 Å². The molecule has 0 radical (unpaired) electrons. The van der Waals surface area contributed by atoms with Crippen molar-refractivity contribution in [1.29, 1.82) is 0 Å². The van der Waals surface area contributed by atoms with Crippen LogP contribution in [0, 0.1) is 0 Å². The van der Waals surface area contributed by atoms with E-state index < -0.39 is 0 Å². The summed E-state index contributed by atoms with van der Waals surface area (Å²) in [4.78, 5) is 13.8. The number of ether oxygens (including phenoxy) is 2. The number of hydrogen-bond acceptors (Lipinski definition) is 4. The van der Waals surface area contributed by atoms with Crippen molar-refractivity contribution in [3.8, 4) is 11.5 Å². The van der Waals surface area contributed by atoms with Gasteiger partial charge in [0.1, 0.15) is 11.5 Å². The first-order valence-corrected chi connectivity index (χ1v) is 6.73. The maximum atomic E-state index is 11.8. The van der Waals surface area contributed by atoms with Crippen molar-refractivity contribution in [2.45, 2.75) is 12.8 Å². The van der Waals surface area contributed by atoms with Gasteiger partial charge in [-0.05, 0) is 12.1 Å². The molecule has 0 aromatic heterocycles. The lowest BCUT2D eigenvalue weighted by Crippen LogP contribution is -2.30. The predicted octanol–water partition coefficient (Wildman–Crippen LogP) is 1.60. The Hall–Kier alpha value is -1.82. The summed E-state index contributed by atoms with van der Waals surface area (Å²) in [5.41, 5.74) is 5.40. The number of rotatable bonds is 8. The van der Waals surface area contributed by atoms with Crippen LogP contribution in [0.3, 0.4) is 0 Å². The minimum Gasteiger partial charge on any atom is -0.497 e. The lowest BCUT2D eigenvalue weighted by molar-refractivity contribution is -0.130. The fourth-order valence-electron chi connectivity index (χ4n) is 1.54. The Morgan fingerprint density at radius 1 is 1.35 bits per heavy atom. The van der Waals surface area contributed by atoms with Crippen molar-refractivity contribution < 1.29 is 14.3 Å². The van der Waals surface area contributed by atoms with Crippen LogP contribution in [-0.4, -0.2) is 43.1 Å². The summed E-state index contributed by atoms with van der Waals surface area (Å²) in [6, 6.07) is 7.27. The number of benzene rings is 1. The molecule has 0 atom stereocenters. The molecule has 2 N–H and O–H groups in total. The van der Waals surface area contributed by atoms with Gasteiger partial charge in [-0.3, -0.25) is 4.79 Å². The van der Waals surface area contributed by atoms with Gasteiger partial charge in [-0.1, -0.05) is 18.3 Å². The molecule has 0 spiro atoms. The van der Waals surface area contributed by atoms with E-state index >= 15 is 0 Å². The zero-order chi connectivity index (χ0) is 15.0. The van der Waals surface area contributed by atoms with Crippen LogP contribution >= 0.6 is 12.2 Å². The third-order valence-electron chi connectivity index (χ3n) is 2.75. The SMILES string of the molecule is COc1cccc(OCCC(=O)N(C)CCC(N)=S)c1. The van der Waals surface area contributed by atoms with E-state index in [1.54, 1.807) is 25.1 Å². The molecule has 1 aromatic carbocycles. The van der Waals surface area contributed by atoms with E-state index in [1.165, 1.54) is 0 Å². The van der Waals surface area contributed by atoms with E-state index in [-0.39, 0.29) is 5.91 Å². The summed E-state index contributed by atoms with van der Waals surface area (Å²) in [5.74, 6) is 1.41. The van der Waals surface area contributed by atoms with Crippen molar-refractivity contribution in [2.24, 2.45) is 5.73 Å². The summed E-state index contributed by atoms with van der Waals surface area (Å²) >= 11 is 4.78. The number of methoxy groups -OCH3 is 1. The molecule has 5 nitrogen and oxygen atoms in total. The zero-order valence-corrected chi connectivity index (χ0v) is 12.6. The zero-order valence-electron chi connectivity index (χ0n) is 11.8. The fraction of sp³-hybridized carbons (Fsp3) is 0.429. The molecule has 6 heteroatoms. The summed E-state index contributed by atoms with van der Waals surface area (Å²) in [5, 5.41) is 0. The molecule has 0 bridgehead atoms. The molecule has 0 unspecified atom stereocenters. The Bertz CT molecular complexity index is 465. The van der Waals surface area contributed by atoms with Crippen LogP contribution in [0.25, 0.3) is 0 Å². The number of nitrogens with zero attached hydrogens (tertiary/aromatic N) is 1. The Morgan fingerprint density at radius 3 is 2.70 bits per heavy atom. The monoisotopic (exact) mass is 296 g/mol. The second-order valence-corrected chi connectivity index (χ2v) is 4.83. The molecule has 0 heterocycles. The Kier molecular flexibility index (Phi) is 6.79. The highest BCUT2D eigenvalue weighted by Gasteiger charge is 2.09. The van der Waals surface area contributed by atoms with Gasteiger partial charge in [0.2, 0.25) is 5.91 Å². The molecular weight excluding hydrogens is 276 g/mol. The number of nitrogens with two attached hydrogens (primary N) is 1. The molecular formula is C14H20N2O3S. The van der Waals surface area contributed by atoms with Gasteiger partial charge in [0.25, 0.3) is 0 Å². The average molecular weight is 296 g/mol. The van der Waals surface area contributed by atoms with Crippen LogP contribution in [0.2, 0.25) is 0 Å². The van der Waals surface area contributed by atoms with Crippen molar-refractivity contribution in [3.63, 3.8) is 0 Å². The molecule has 1 aromatic rings. The lowest BCUT2D eigenvalue weighted by Gasteiger charge is -2.16. The standard InChI is InChI=1S/C14H20N2O3S/c1-16(8-6-13(15)20)14(17)7-9-19-12-5-3-4-11(10-12)18-2/h3-5,10H,6-9H2,1-2H3,(H2,15,20). The first-order valence-electron chi connectivity index (χ1n) is 6.32. The fourth-order valence-corrected chi connectivity index (χ4v) is 1.63. The quantitative estimate of drug-likeness (QED) is 0.738. The molecule has 0 saturated heterocycles. The number of amides is 1. The maximum absolute atomic E-state index is 11.8. The lowest BCUT2D eigenvalue weighted by atomic mass is 10.3. The summed E-state index contributed by atoms with van der Waals surface area (Å²) in [6.45, 7) is 0.858. The van der Waals surface area contributed by atoms with Gasteiger partial charge in [-0.15, -0.1) is 0 Å². The van der Waals surface area contributed by atoms with Gasteiger partial charge in [-0.25, -0.2) is 0 Å². The van der Waals surface area contributed by atoms with Crippen molar-refractivity contribution in [1.82, 2.24) is 4.90 Å². The molecule has 1 rings (SSSR count). The second kappa shape index (κ2) is 8.37. The van der Waals surface area contributed by atoms with Crippen LogP contribution in [0.15, 0.2) is 24.3 Å². The normalized spacial score (nSPS) is 9.90. The van der Waals surface area contributed by atoms with Crippen molar-refractivity contribution >= 4 is 23.1 Å². The number of carbonyl (C=O) groups excluding carboxylic acids is 1. The minimum absolute atomic E-state index is 0.00384. The molecule has 0 fully saturated rings. The summed E-state index contributed by atoms with van der Waals surface area (Å²) in [7, 11) is 3.33. The highest BCUT2D eigenvalue weighted by atomic mass is 32.1. The second-order valence-electron chi connectivity index (χ2n) is 4.31. The highest BCUT2D eigenvalue weighted by Crippen LogP contribution is 2.18. The van der Waals surface area contributed by atoms with E-state index in [9.17, 15) is 4.79 Å². The third-order valence-corrected chi connectivity index (χ3v) is 2.95. The van der Waals surface area contributed by atoms with E-state index in [0.717, 1.165) is 5.75 Å². The Labute approximate surface area is 124 Å². The largest absolute Gasteiger partial charge is 0.497 e. The molecule has 20 heavy (non-hydrogen) atoms. The van der Waals surface area contributed by atoms with Gasteiger partial charge >= 0.3 is 0 Å². The van der Waals surface area contributed by atoms with Crippen LogP contribution in [0.5, 0.6) is 11.5 Å². The molecule has 110 valence electrons. The number of hydrogen-bond donors (Lipinski definition) is 1. The van der Waals surface area contributed by atoms with E-state index in [4.69, 9.17) is 27.4 Å². The predicted molar refractivity (Wildman–Crippen MR) is 82.1 cm³/mol. The van der Waals surface area contributed by atoms with Gasteiger partial charge in [0, 0.05) is 26.1 Å². The average Bonchev–Trinajstić information content (AvgIpc) is 2.44. The van der Waals surface area contributed by atoms with Gasteiger partial charge in [0.15, 0.2) is 0 Å². The maximum Gasteiger partial charge on any atom is 0.225 e. The summed E-state index contributed by atoms with van der Waals surface area (Å²) in [6.07, 6.45) is 0.847. The van der Waals surface area contributed by atoms with Gasteiger partial charge < -0.3 is 20.1 Å². The first kappa shape index (κ1) is 16.2. The topological polar surface area (TPSA) is 64.8 Å². The number of carbonyl (C=O) groups is 1. The smallest absolute Gasteiger partial charge is 0.225 e. The van der Waals surface area contributed by atoms with Crippen LogP contribution in [0.4, 0.5) is 0 Å². The molecule has 0 aliphatic rings. The molecule has 0 aliphatic heterocycles. The molecule has 1 amide bonds. The van der Waals surface area contributed by atoms with E-state index in [1.807, 2.05) is 18.2 Å². The number of thiocarbonyl (C=S) groups is 1. The molecule has 0 saturated carbocycles.